The lowest BCUT2D eigenvalue weighted by atomic mass is 10.1. The third kappa shape index (κ3) is 3.32. The van der Waals surface area contributed by atoms with Crippen LogP contribution in [0, 0.1) is 6.92 Å². The van der Waals surface area contributed by atoms with Crippen LogP contribution in [0.1, 0.15) is 18.4 Å². The highest BCUT2D eigenvalue weighted by Gasteiger charge is 2.11. The number of allylic oxidation sites excluding steroid dienone is 1. The molecule has 5 nitrogen and oxygen atoms in total. The molecule has 0 unspecified atom stereocenters. The smallest absolute Gasteiger partial charge is 0.336 e. The monoisotopic (exact) mass is 298 g/mol. The van der Waals surface area contributed by atoms with Crippen LogP contribution in [0.15, 0.2) is 56.8 Å². The molecule has 3 rings (SSSR count). The third-order valence-electron chi connectivity index (χ3n) is 2.94. The van der Waals surface area contributed by atoms with Gasteiger partial charge in [0.15, 0.2) is 5.89 Å². The van der Waals surface area contributed by atoms with Crippen LogP contribution in [0.4, 0.5) is 0 Å². The first-order valence-electron chi connectivity index (χ1n) is 6.85. The topological polar surface area (TPSA) is 82.3 Å². The summed E-state index contributed by atoms with van der Waals surface area (Å²) >= 11 is 0. The molecule has 0 amide bonds. The van der Waals surface area contributed by atoms with Gasteiger partial charge in [0.1, 0.15) is 17.5 Å². The van der Waals surface area contributed by atoms with Crippen molar-refractivity contribution in [3.63, 3.8) is 0 Å². The Morgan fingerprint density at radius 2 is 2.09 bits per heavy atom. The number of fused-ring (bicyclic) bond motifs is 1. The summed E-state index contributed by atoms with van der Waals surface area (Å²) < 4.78 is 10.4. The third-order valence-corrected chi connectivity index (χ3v) is 2.94. The lowest BCUT2D eigenvalue weighted by Crippen LogP contribution is -2.00. The number of rotatable bonds is 2. The van der Waals surface area contributed by atoms with E-state index in [0.29, 0.717) is 29.3 Å². The molecule has 114 valence electrons. The van der Waals surface area contributed by atoms with Crippen LogP contribution in [0.5, 0.6) is 0 Å². The van der Waals surface area contributed by atoms with Crippen LogP contribution in [-0.2, 0) is 6.54 Å². The van der Waals surface area contributed by atoms with E-state index in [2.05, 4.69) is 11.6 Å². The normalized spacial score (nSPS) is 10.1. The van der Waals surface area contributed by atoms with Crippen molar-refractivity contribution < 1.29 is 8.83 Å². The standard InChI is InChI=1S/C14H12N2O3.C3H6/c1-8-16-12(7-18-8)11-5-14(17)19-13-4-9(6-15)2-3-10(11)13;1-3-2/h2-5,7H,6,15H2,1H3;3H,1H2,2H3. The predicted octanol–water partition coefficient (Wildman–Crippen LogP) is 3.41. The summed E-state index contributed by atoms with van der Waals surface area (Å²) in [5.74, 6) is 0.551. The van der Waals surface area contributed by atoms with Gasteiger partial charge in [-0.25, -0.2) is 9.78 Å². The van der Waals surface area contributed by atoms with Gasteiger partial charge in [-0.05, 0) is 18.6 Å². The Hall–Kier alpha value is -2.66. The van der Waals surface area contributed by atoms with E-state index < -0.39 is 5.63 Å². The lowest BCUT2D eigenvalue weighted by molar-refractivity contribution is 0.521. The lowest BCUT2D eigenvalue weighted by Gasteiger charge is -2.03. The summed E-state index contributed by atoms with van der Waals surface area (Å²) in [6.07, 6.45) is 3.28. The average Bonchev–Trinajstić information content (AvgIpc) is 2.93. The molecule has 2 heterocycles. The highest BCUT2D eigenvalue weighted by Crippen LogP contribution is 2.27. The van der Waals surface area contributed by atoms with E-state index in [1.54, 1.807) is 19.1 Å². The van der Waals surface area contributed by atoms with E-state index in [0.717, 1.165) is 10.9 Å². The van der Waals surface area contributed by atoms with Gasteiger partial charge in [0, 0.05) is 30.5 Å². The van der Waals surface area contributed by atoms with Gasteiger partial charge in [0.2, 0.25) is 0 Å². The van der Waals surface area contributed by atoms with Gasteiger partial charge in [-0.15, -0.1) is 6.58 Å². The molecule has 0 aliphatic carbocycles. The summed E-state index contributed by atoms with van der Waals surface area (Å²) in [5, 5.41) is 0.810. The zero-order valence-corrected chi connectivity index (χ0v) is 12.6. The minimum atomic E-state index is -0.419. The fourth-order valence-electron chi connectivity index (χ4n) is 2.03. The molecule has 3 aromatic rings. The van der Waals surface area contributed by atoms with Gasteiger partial charge in [0.25, 0.3) is 0 Å². The Bertz CT molecular complexity index is 846. The second kappa shape index (κ2) is 6.87. The van der Waals surface area contributed by atoms with Crippen LogP contribution >= 0.6 is 0 Å². The Balaban J connectivity index is 0.000000545. The van der Waals surface area contributed by atoms with Gasteiger partial charge in [-0.3, -0.25) is 0 Å². The highest BCUT2D eigenvalue weighted by atomic mass is 16.4. The maximum atomic E-state index is 11.6. The summed E-state index contributed by atoms with van der Waals surface area (Å²) in [4.78, 5) is 15.9. The van der Waals surface area contributed by atoms with Crippen molar-refractivity contribution in [3.05, 3.63) is 65.1 Å². The predicted molar refractivity (Wildman–Crippen MR) is 86.5 cm³/mol. The molecule has 5 heteroatoms. The number of aryl methyl sites for hydroxylation is 1. The molecule has 0 spiro atoms. The van der Waals surface area contributed by atoms with E-state index in [9.17, 15) is 4.79 Å². The molecule has 22 heavy (non-hydrogen) atoms. The number of hydrogen-bond donors (Lipinski definition) is 1. The molecule has 0 radical (unpaired) electrons. The first-order valence-corrected chi connectivity index (χ1v) is 6.85. The SMILES string of the molecule is C=CC.Cc1nc(-c2cc(=O)oc3cc(CN)ccc23)co1. The molecule has 0 aliphatic heterocycles. The highest BCUT2D eigenvalue weighted by molar-refractivity contribution is 5.92. The van der Waals surface area contributed by atoms with Crippen LogP contribution in [0.3, 0.4) is 0 Å². The molecular formula is C17H18N2O3. The quantitative estimate of drug-likeness (QED) is 0.579. The van der Waals surface area contributed by atoms with E-state index in [4.69, 9.17) is 14.6 Å². The van der Waals surface area contributed by atoms with Crippen molar-refractivity contribution in [3.8, 4) is 11.3 Å². The van der Waals surface area contributed by atoms with Gasteiger partial charge in [-0.1, -0.05) is 18.2 Å². The maximum Gasteiger partial charge on any atom is 0.336 e. The van der Waals surface area contributed by atoms with Crippen molar-refractivity contribution >= 4 is 11.0 Å². The Labute approximate surface area is 128 Å². The summed E-state index contributed by atoms with van der Waals surface area (Å²) in [7, 11) is 0. The Kier molecular flexibility index (Phi) is 4.91. The molecule has 0 saturated carbocycles. The first-order chi connectivity index (χ1) is 10.6. The van der Waals surface area contributed by atoms with Crippen LogP contribution in [-0.4, -0.2) is 4.98 Å². The van der Waals surface area contributed by atoms with Gasteiger partial charge in [-0.2, -0.15) is 0 Å². The molecule has 0 bridgehead atoms. The summed E-state index contributed by atoms with van der Waals surface area (Å²) in [6, 6.07) is 6.97. The Morgan fingerprint density at radius 3 is 2.68 bits per heavy atom. The largest absolute Gasteiger partial charge is 0.449 e. The number of nitrogens with zero attached hydrogens (tertiary/aromatic N) is 1. The second-order valence-electron chi connectivity index (χ2n) is 4.67. The molecule has 0 fully saturated rings. The number of nitrogens with two attached hydrogens (primary N) is 1. The van der Waals surface area contributed by atoms with Gasteiger partial charge >= 0.3 is 5.63 Å². The molecule has 0 saturated heterocycles. The van der Waals surface area contributed by atoms with Gasteiger partial charge < -0.3 is 14.6 Å². The van der Waals surface area contributed by atoms with Crippen molar-refractivity contribution in [1.82, 2.24) is 4.98 Å². The fraction of sp³-hybridized carbons (Fsp3) is 0.176. The molecule has 2 aromatic heterocycles. The molecule has 2 N–H and O–H groups in total. The minimum absolute atomic E-state index is 0.396. The van der Waals surface area contributed by atoms with Crippen molar-refractivity contribution in [2.75, 3.05) is 0 Å². The van der Waals surface area contributed by atoms with E-state index in [-0.39, 0.29) is 0 Å². The number of hydrogen-bond acceptors (Lipinski definition) is 5. The molecule has 0 atom stereocenters. The second-order valence-corrected chi connectivity index (χ2v) is 4.67. The van der Waals surface area contributed by atoms with Crippen LogP contribution in [0.2, 0.25) is 0 Å². The molecule has 0 aliphatic rings. The van der Waals surface area contributed by atoms with Crippen molar-refractivity contribution in [1.29, 1.82) is 0 Å². The first kappa shape index (κ1) is 15.7. The number of benzene rings is 1. The van der Waals surface area contributed by atoms with E-state index >= 15 is 0 Å². The maximum absolute atomic E-state index is 11.6. The van der Waals surface area contributed by atoms with Crippen molar-refractivity contribution in [2.24, 2.45) is 5.73 Å². The Morgan fingerprint density at radius 1 is 1.36 bits per heavy atom. The number of aromatic nitrogens is 1. The van der Waals surface area contributed by atoms with Gasteiger partial charge in [0.05, 0.1) is 0 Å². The zero-order valence-electron chi connectivity index (χ0n) is 12.6. The van der Waals surface area contributed by atoms with Crippen molar-refractivity contribution in [2.45, 2.75) is 20.4 Å². The average molecular weight is 298 g/mol. The summed E-state index contributed by atoms with van der Waals surface area (Å²) in [6.45, 7) is 7.40. The van der Waals surface area contributed by atoms with Crippen LogP contribution in [0.25, 0.3) is 22.2 Å². The fourth-order valence-corrected chi connectivity index (χ4v) is 2.03. The molecule has 1 aromatic carbocycles. The minimum Gasteiger partial charge on any atom is -0.449 e. The molecular weight excluding hydrogens is 280 g/mol. The van der Waals surface area contributed by atoms with Crippen LogP contribution < -0.4 is 11.4 Å². The van der Waals surface area contributed by atoms with E-state index in [1.807, 2.05) is 19.1 Å². The summed E-state index contributed by atoms with van der Waals surface area (Å²) in [5.41, 5.74) is 7.90. The van der Waals surface area contributed by atoms with E-state index in [1.165, 1.54) is 12.3 Å². The zero-order chi connectivity index (χ0) is 16.1. The number of oxazole rings is 1.